The van der Waals surface area contributed by atoms with E-state index in [2.05, 4.69) is 62.4 Å². The van der Waals surface area contributed by atoms with E-state index in [1.807, 2.05) is 6.07 Å². The Morgan fingerprint density at radius 3 is 2.56 bits per heavy atom. The lowest BCUT2D eigenvalue weighted by Crippen LogP contribution is -1.99. The van der Waals surface area contributed by atoms with Crippen LogP contribution in [0.15, 0.2) is 34.9 Å². The number of hydrogen-bond donors (Lipinski definition) is 1. The first-order chi connectivity index (χ1) is 8.70. The molecule has 0 bridgehead atoms. The van der Waals surface area contributed by atoms with E-state index in [4.69, 9.17) is 0 Å². The zero-order chi connectivity index (χ0) is 12.5. The van der Waals surface area contributed by atoms with Gasteiger partial charge in [0.25, 0.3) is 0 Å². The van der Waals surface area contributed by atoms with Crippen LogP contribution in [0.1, 0.15) is 30.1 Å². The quantitative estimate of drug-likeness (QED) is 0.865. The maximum absolute atomic E-state index is 4.56. The maximum atomic E-state index is 4.56. The number of rotatable bonds is 3. The molecule has 1 saturated carbocycles. The summed E-state index contributed by atoms with van der Waals surface area (Å²) < 4.78 is 0.842. The molecule has 0 aliphatic heterocycles. The van der Waals surface area contributed by atoms with Gasteiger partial charge >= 0.3 is 0 Å². The van der Waals surface area contributed by atoms with E-state index in [0.29, 0.717) is 5.92 Å². The summed E-state index contributed by atoms with van der Waals surface area (Å²) in [5, 5.41) is 3.31. The zero-order valence-corrected chi connectivity index (χ0v) is 11.7. The van der Waals surface area contributed by atoms with Crippen molar-refractivity contribution in [3.63, 3.8) is 0 Å². The van der Waals surface area contributed by atoms with Crippen LogP contribution in [-0.2, 0) is 0 Å². The number of aryl methyl sites for hydroxylation is 1. The van der Waals surface area contributed by atoms with Crippen molar-refractivity contribution in [2.75, 3.05) is 5.32 Å². The van der Waals surface area contributed by atoms with E-state index in [1.165, 1.54) is 18.4 Å². The predicted octanol–water partition coefficient (Wildman–Crippen LogP) is 4.17. The minimum absolute atomic E-state index is 0.557. The molecule has 2 aromatic rings. The number of halogens is 1. The number of benzene rings is 1. The van der Waals surface area contributed by atoms with E-state index in [1.54, 1.807) is 0 Å². The second-order valence-electron chi connectivity index (χ2n) is 4.70. The summed E-state index contributed by atoms with van der Waals surface area (Å²) in [5.74, 6) is 2.35. The fourth-order valence-corrected chi connectivity index (χ4v) is 2.21. The third-order valence-electron chi connectivity index (χ3n) is 2.98. The molecule has 1 aliphatic carbocycles. The van der Waals surface area contributed by atoms with Crippen LogP contribution in [0.25, 0.3) is 0 Å². The molecular weight excluding hydrogens is 290 g/mol. The van der Waals surface area contributed by atoms with Gasteiger partial charge in [-0.05, 0) is 47.8 Å². The van der Waals surface area contributed by atoms with E-state index >= 15 is 0 Å². The highest BCUT2D eigenvalue weighted by atomic mass is 79.9. The number of aromatic nitrogens is 2. The maximum Gasteiger partial charge on any atom is 0.135 e. The normalized spacial score (nSPS) is 14.6. The Kier molecular flexibility index (Phi) is 3.04. The van der Waals surface area contributed by atoms with Crippen LogP contribution >= 0.6 is 15.9 Å². The van der Waals surface area contributed by atoms with E-state index < -0.39 is 0 Å². The fraction of sp³-hybridized carbons (Fsp3) is 0.286. The molecule has 0 unspecified atom stereocenters. The fourth-order valence-electron chi connectivity index (χ4n) is 1.81. The molecule has 3 rings (SSSR count). The predicted molar refractivity (Wildman–Crippen MR) is 76.2 cm³/mol. The lowest BCUT2D eigenvalue weighted by molar-refractivity contribution is 0.919. The van der Waals surface area contributed by atoms with Gasteiger partial charge in [-0.1, -0.05) is 17.7 Å². The molecule has 0 amide bonds. The van der Waals surface area contributed by atoms with Gasteiger partial charge in [-0.2, -0.15) is 0 Å². The first kappa shape index (κ1) is 11.7. The van der Waals surface area contributed by atoms with Crippen molar-refractivity contribution in [1.82, 2.24) is 9.97 Å². The number of hydrogen-bond acceptors (Lipinski definition) is 3. The molecule has 18 heavy (non-hydrogen) atoms. The molecule has 3 nitrogen and oxygen atoms in total. The Hall–Kier alpha value is -1.42. The van der Waals surface area contributed by atoms with Gasteiger partial charge in [-0.25, -0.2) is 9.97 Å². The van der Waals surface area contributed by atoms with Gasteiger partial charge in [0, 0.05) is 17.7 Å². The molecule has 1 heterocycles. The smallest absolute Gasteiger partial charge is 0.135 e. The van der Waals surface area contributed by atoms with Gasteiger partial charge in [0.15, 0.2) is 0 Å². The van der Waals surface area contributed by atoms with Crippen LogP contribution in [0, 0.1) is 6.92 Å². The Bertz CT molecular complexity index is 562. The minimum atomic E-state index is 0.557. The highest BCUT2D eigenvalue weighted by molar-refractivity contribution is 9.10. The second-order valence-corrected chi connectivity index (χ2v) is 5.51. The van der Waals surface area contributed by atoms with Gasteiger partial charge in [-0.15, -0.1) is 0 Å². The summed E-state index contributed by atoms with van der Waals surface area (Å²) in [5.41, 5.74) is 2.30. The second kappa shape index (κ2) is 4.69. The molecule has 0 atom stereocenters. The number of nitrogens with zero attached hydrogens (tertiary/aromatic N) is 2. The van der Waals surface area contributed by atoms with Crippen molar-refractivity contribution in [2.45, 2.75) is 25.7 Å². The van der Waals surface area contributed by atoms with Crippen LogP contribution in [0.2, 0.25) is 0 Å². The summed E-state index contributed by atoms with van der Waals surface area (Å²) in [4.78, 5) is 8.98. The van der Waals surface area contributed by atoms with E-state index in [0.717, 1.165) is 21.9 Å². The largest absolute Gasteiger partial charge is 0.340 e. The molecule has 1 aromatic carbocycles. The average Bonchev–Trinajstić information content (AvgIpc) is 3.15. The van der Waals surface area contributed by atoms with Crippen LogP contribution in [0.4, 0.5) is 11.5 Å². The van der Waals surface area contributed by atoms with E-state index in [-0.39, 0.29) is 0 Å². The summed E-state index contributed by atoms with van der Waals surface area (Å²) in [6, 6.07) is 10.2. The standard InChI is InChI=1S/C14H14BrN3/c1-9-2-6-11(7-3-9)16-13-8-12(15)17-14(18-13)10-4-5-10/h2-3,6-8,10H,4-5H2,1H3,(H,16,17,18). The van der Waals surface area contributed by atoms with Crippen molar-refractivity contribution >= 4 is 27.4 Å². The van der Waals surface area contributed by atoms with Crippen molar-refractivity contribution in [3.05, 3.63) is 46.3 Å². The third kappa shape index (κ3) is 2.70. The molecule has 1 N–H and O–H groups in total. The number of nitrogens with one attached hydrogen (secondary N) is 1. The SMILES string of the molecule is Cc1ccc(Nc2cc(Br)nc(C3CC3)n2)cc1. The van der Waals surface area contributed by atoms with Crippen molar-refractivity contribution < 1.29 is 0 Å². The molecule has 1 aliphatic rings. The summed E-state index contributed by atoms with van der Waals surface area (Å²) in [7, 11) is 0. The molecule has 0 radical (unpaired) electrons. The summed E-state index contributed by atoms with van der Waals surface area (Å²) in [6.45, 7) is 2.08. The Labute approximate surface area is 115 Å². The highest BCUT2D eigenvalue weighted by Crippen LogP contribution is 2.39. The first-order valence-corrected chi connectivity index (χ1v) is 6.88. The van der Waals surface area contributed by atoms with Crippen LogP contribution in [0.5, 0.6) is 0 Å². The van der Waals surface area contributed by atoms with Gasteiger partial charge in [0.05, 0.1) is 0 Å². The monoisotopic (exact) mass is 303 g/mol. The summed E-state index contributed by atoms with van der Waals surface area (Å²) in [6.07, 6.45) is 2.42. The lowest BCUT2D eigenvalue weighted by Gasteiger charge is -2.08. The van der Waals surface area contributed by atoms with Crippen molar-refractivity contribution in [3.8, 4) is 0 Å². The average molecular weight is 304 g/mol. The Balaban J connectivity index is 1.85. The topological polar surface area (TPSA) is 37.8 Å². The highest BCUT2D eigenvalue weighted by Gasteiger charge is 2.27. The van der Waals surface area contributed by atoms with Crippen LogP contribution in [-0.4, -0.2) is 9.97 Å². The van der Waals surface area contributed by atoms with Gasteiger partial charge in [-0.3, -0.25) is 0 Å². The number of anilines is 2. The molecule has 92 valence electrons. The summed E-state index contributed by atoms with van der Waals surface area (Å²) >= 11 is 3.44. The van der Waals surface area contributed by atoms with E-state index in [9.17, 15) is 0 Å². The molecule has 4 heteroatoms. The first-order valence-electron chi connectivity index (χ1n) is 6.09. The molecule has 0 saturated heterocycles. The zero-order valence-electron chi connectivity index (χ0n) is 10.2. The minimum Gasteiger partial charge on any atom is -0.340 e. The van der Waals surface area contributed by atoms with Gasteiger partial charge < -0.3 is 5.32 Å². The Morgan fingerprint density at radius 2 is 1.89 bits per heavy atom. The van der Waals surface area contributed by atoms with Gasteiger partial charge in [0.1, 0.15) is 16.2 Å². The molecule has 1 fully saturated rings. The molecule has 1 aromatic heterocycles. The van der Waals surface area contributed by atoms with Crippen LogP contribution in [0.3, 0.4) is 0 Å². The van der Waals surface area contributed by atoms with Gasteiger partial charge in [0.2, 0.25) is 0 Å². The lowest BCUT2D eigenvalue weighted by atomic mass is 10.2. The third-order valence-corrected chi connectivity index (χ3v) is 3.38. The Morgan fingerprint density at radius 1 is 1.17 bits per heavy atom. The van der Waals surface area contributed by atoms with Crippen molar-refractivity contribution in [1.29, 1.82) is 0 Å². The van der Waals surface area contributed by atoms with Crippen LogP contribution < -0.4 is 5.32 Å². The molecule has 0 spiro atoms. The van der Waals surface area contributed by atoms with Crippen molar-refractivity contribution in [2.24, 2.45) is 0 Å². The molecular formula is C14H14BrN3.